The van der Waals surface area contributed by atoms with Gasteiger partial charge >= 0.3 is 12.1 Å². The summed E-state index contributed by atoms with van der Waals surface area (Å²) in [5.74, 6) is -3.00. The summed E-state index contributed by atoms with van der Waals surface area (Å²) < 4.78 is 74.8. The van der Waals surface area contributed by atoms with Crippen LogP contribution in [0.1, 0.15) is 48.8 Å². The number of rotatable bonds is 7. The molecule has 1 saturated heterocycles. The van der Waals surface area contributed by atoms with Crippen molar-refractivity contribution < 1.29 is 40.8 Å². The number of hydrogen-bond acceptors (Lipinski definition) is 8. The first-order valence-electron chi connectivity index (χ1n) is 12.6. The van der Waals surface area contributed by atoms with E-state index in [4.69, 9.17) is 4.74 Å². The lowest BCUT2D eigenvalue weighted by atomic mass is 9.99. The normalized spacial score (nSPS) is 16.4. The second-order valence-corrected chi connectivity index (χ2v) is 11.6. The van der Waals surface area contributed by atoms with Crippen molar-refractivity contribution in [2.45, 2.75) is 49.8 Å². The van der Waals surface area contributed by atoms with E-state index < -0.39 is 28.1 Å². The third-order valence-corrected chi connectivity index (χ3v) is 8.11. The summed E-state index contributed by atoms with van der Waals surface area (Å²) in [5, 5.41) is 8.12. The Labute approximate surface area is 234 Å². The van der Waals surface area contributed by atoms with Gasteiger partial charge in [0.05, 0.1) is 16.7 Å². The van der Waals surface area contributed by atoms with Gasteiger partial charge in [-0.2, -0.15) is 17.5 Å². The van der Waals surface area contributed by atoms with Crippen LogP contribution in [0.5, 0.6) is 5.75 Å². The summed E-state index contributed by atoms with van der Waals surface area (Å²) in [6.07, 6.45) is -2.79. The number of sulfonamides is 1. The van der Waals surface area contributed by atoms with Gasteiger partial charge in [0.2, 0.25) is 10.0 Å². The number of piperidine rings is 1. The summed E-state index contributed by atoms with van der Waals surface area (Å²) in [6, 6.07) is 10.1. The number of alkyl halides is 3. The Balaban J connectivity index is 1.63. The number of halogens is 3. The Kier molecular flexibility index (Phi) is 8.68. The van der Waals surface area contributed by atoms with Gasteiger partial charge in [-0.25, -0.2) is 13.2 Å². The van der Waals surface area contributed by atoms with Gasteiger partial charge in [0.15, 0.2) is 0 Å². The first-order chi connectivity index (χ1) is 19.3. The molecule has 1 aliphatic rings. The molecule has 41 heavy (non-hydrogen) atoms. The SMILES string of the molecule is CC(C)Oc1ccc(N(OC(=O)C(F)(F)F)C(=O)c2cccc(S(=O)(=O)N3CCCC(c4nncn4C)C3)c2)cc1. The number of amides is 1. The van der Waals surface area contributed by atoms with E-state index in [2.05, 4.69) is 15.0 Å². The van der Waals surface area contributed by atoms with Crippen LogP contribution in [-0.2, 0) is 26.7 Å². The maximum atomic E-state index is 13.5. The molecule has 4 rings (SSSR count). The molecular formula is C26H28F3N5O6S. The second kappa shape index (κ2) is 11.9. The summed E-state index contributed by atoms with van der Waals surface area (Å²) in [7, 11) is -2.34. The third kappa shape index (κ3) is 6.85. The van der Waals surface area contributed by atoms with E-state index in [9.17, 15) is 31.2 Å². The van der Waals surface area contributed by atoms with Gasteiger partial charge in [-0.3, -0.25) is 4.79 Å². The van der Waals surface area contributed by atoms with Crippen molar-refractivity contribution in [2.75, 3.05) is 18.2 Å². The molecule has 0 aliphatic carbocycles. The molecule has 220 valence electrons. The van der Waals surface area contributed by atoms with Crippen LogP contribution >= 0.6 is 0 Å². The van der Waals surface area contributed by atoms with Crippen LogP contribution in [0.2, 0.25) is 0 Å². The maximum Gasteiger partial charge on any atom is 0.493 e. The summed E-state index contributed by atoms with van der Waals surface area (Å²) in [6.45, 7) is 3.91. The fourth-order valence-electron chi connectivity index (χ4n) is 4.37. The summed E-state index contributed by atoms with van der Waals surface area (Å²) >= 11 is 0. The zero-order valence-corrected chi connectivity index (χ0v) is 23.2. The van der Waals surface area contributed by atoms with Gasteiger partial charge in [-0.05, 0) is 69.2 Å². The number of carbonyl (C=O) groups excluding carboxylic acids is 2. The van der Waals surface area contributed by atoms with Gasteiger partial charge in [0.25, 0.3) is 5.91 Å². The molecule has 0 radical (unpaired) electrons. The van der Waals surface area contributed by atoms with E-state index in [0.29, 0.717) is 24.4 Å². The third-order valence-electron chi connectivity index (χ3n) is 6.25. The summed E-state index contributed by atoms with van der Waals surface area (Å²) in [4.78, 5) is 29.3. The number of anilines is 1. The first kappa shape index (κ1) is 30.0. The van der Waals surface area contributed by atoms with Crippen molar-refractivity contribution in [1.29, 1.82) is 0 Å². The highest BCUT2D eigenvalue weighted by Gasteiger charge is 2.44. The molecular weight excluding hydrogens is 567 g/mol. The van der Waals surface area contributed by atoms with Crippen molar-refractivity contribution in [2.24, 2.45) is 7.05 Å². The Hall–Kier alpha value is -3.98. The molecule has 2 aromatic carbocycles. The molecule has 1 aliphatic heterocycles. The maximum absolute atomic E-state index is 13.5. The molecule has 1 unspecified atom stereocenters. The van der Waals surface area contributed by atoms with E-state index in [1.165, 1.54) is 53.1 Å². The first-order valence-corrected chi connectivity index (χ1v) is 14.1. The van der Waals surface area contributed by atoms with Crippen molar-refractivity contribution >= 4 is 27.6 Å². The number of carbonyl (C=O) groups is 2. The highest BCUT2D eigenvalue weighted by atomic mass is 32.2. The minimum absolute atomic E-state index is 0.132. The largest absolute Gasteiger partial charge is 0.493 e. The van der Waals surface area contributed by atoms with Crippen LogP contribution in [0.3, 0.4) is 0 Å². The Morgan fingerprint density at radius 1 is 1.12 bits per heavy atom. The molecule has 0 N–H and O–H groups in total. The van der Waals surface area contributed by atoms with Gasteiger partial charge in [0, 0.05) is 31.6 Å². The molecule has 15 heteroatoms. The van der Waals surface area contributed by atoms with Crippen LogP contribution in [-0.4, -0.2) is 64.7 Å². The van der Waals surface area contributed by atoms with Gasteiger partial charge in [-0.15, -0.1) is 15.3 Å². The molecule has 0 spiro atoms. The monoisotopic (exact) mass is 595 g/mol. The molecule has 0 bridgehead atoms. The van der Waals surface area contributed by atoms with Crippen LogP contribution in [0.25, 0.3) is 0 Å². The molecule has 3 aromatic rings. The molecule has 11 nitrogen and oxygen atoms in total. The number of hydrogen-bond donors (Lipinski definition) is 0. The van der Waals surface area contributed by atoms with Crippen molar-refractivity contribution in [1.82, 2.24) is 19.1 Å². The van der Waals surface area contributed by atoms with E-state index in [1.54, 1.807) is 25.5 Å². The number of aromatic nitrogens is 3. The Bertz CT molecular complexity index is 1510. The molecule has 2 heterocycles. The van der Waals surface area contributed by atoms with Gasteiger partial charge in [0.1, 0.15) is 17.9 Å². The topological polar surface area (TPSA) is 124 Å². The van der Waals surface area contributed by atoms with Crippen LogP contribution in [0.15, 0.2) is 59.8 Å². The lowest BCUT2D eigenvalue weighted by Crippen LogP contribution is -2.40. The molecule has 1 fully saturated rings. The Morgan fingerprint density at radius 3 is 2.44 bits per heavy atom. The van der Waals surface area contributed by atoms with E-state index >= 15 is 0 Å². The number of nitrogens with zero attached hydrogens (tertiary/aromatic N) is 5. The van der Waals surface area contributed by atoms with E-state index in [1.807, 2.05) is 0 Å². The number of hydroxylamine groups is 1. The molecule has 0 saturated carbocycles. The van der Waals surface area contributed by atoms with Crippen LogP contribution in [0, 0.1) is 0 Å². The minimum Gasteiger partial charge on any atom is -0.491 e. The van der Waals surface area contributed by atoms with E-state index in [-0.39, 0.29) is 46.3 Å². The van der Waals surface area contributed by atoms with Gasteiger partial charge < -0.3 is 14.1 Å². The number of benzene rings is 2. The van der Waals surface area contributed by atoms with Crippen molar-refractivity contribution in [3.8, 4) is 5.75 Å². The fraction of sp³-hybridized carbons (Fsp3) is 0.385. The summed E-state index contributed by atoms with van der Waals surface area (Å²) in [5.41, 5.74) is -0.523. The average Bonchev–Trinajstić information content (AvgIpc) is 3.37. The zero-order chi connectivity index (χ0) is 29.9. The fourth-order valence-corrected chi connectivity index (χ4v) is 5.94. The predicted molar refractivity (Wildman–Crippen MR) is 139 cm³/mol. The zero-order valence-electron chi connectivity index (χ0n) is 22.4. The number of ether oxygens (including phenoxy) is 1. The lowest BCUT2D eigenvalue weighted by molar-refractivity contribution is -0.199. The van der Waals surface area contributed by atoms with Crippen LogP contribution in [0.4, 0.5) is 18.9 Å². The van der Waals surface area contributed by atoms with Crippen molar-refractivity contribution in [3.63, 3.8) is 0 Å². The standard InChI is InChI=1S/C26H28F3N5O6S/c1-17(2)39-21-11-9-20(10-12-21)34(40-25(36)26(27,28)29)24(35)18-6-4-8-22(14-18)41(37,38)33-13-5-7-19(15-33)23-31-30-16-32(23)3/h4,6,8-12,14,16-17,19H,5,7,13,15H2,1-3H3. The quantitative estimate of drug-likeness (QED) is 0.378. The lowest BCUT2D eigenvalue weighted by Gasteiger charge is -2.31. The van der Waals surface area contributed by atoms with Crippen LogP contribution < -0.4 is 9.80 Å². The molecule has 1 amide bonds. The van der Waals surface area contributed by atoms with Gasteiger partial charge in [-0.1, -0.05) is 6.07 Å². The minimum atomic E-state index is -5.39. The molecule has 1 aromatic heterocycles. The highest BCUT2D eigenvalue weighted by Crippen LogP contribution is 2.30. The molecule has 1 atom stereocenters. The smallest absolute Gasteiger partial charge is 0.491 e. The Morgan fingerprint density at radius 2 is 1.83 bits per heavy atom. The van der Waals surface area contributed by atoms with E-state index in [0.717, 1.165) is 6.07 Å². The highest BCUT2D eigenvalue weighted by molar-refractivity contribution is 7.89. The predicted octanol–water partition coefficient (Wildman–Crippen LogP) is 3.84. The second-order valence-electron chi connectivity index (χ2n) is 9.67. The average molecular weight is 596 g/mol. The number of aryl methyl sites for hydroxylation is 1. The van der Waals surface area contributed by atoms with Crippen molar-refractivity contribution in [3.05, 3.63) is 66.2 Å².